The van der Waals surface area contributed by atoms with Gasteiger partial charge in [0.15, 0.2) is 0 Å². The molecule has 0 fully saturated rings. The smallest absolute Gasteiger partial charge is 0.338 e. The van der Waals surface area contributed by atoms with Gasteiger partial charge in [-0.3, -0.25) is 0 Å². The maximum Gasteiger partial charge on any atom is 0.338 e. The summed E-state index contributed by atoms with van der Waals surface area (Å²) in [6.07, 6.45) is -0.296. The fraction of sp³-hybridized carbons (Fsp3) is 0.417. The van der Waals surface area contributed by atoms with Gasteiger partial charge in [-0.25, -0.2) is 13.2 Å². The van der Waals surface area contributed by atoms with E-state index in [1.807, 2.05) is 0 Å². The van der Waals surface area contributed by atoms with Crippen LogP contribution in [0, 0.1) is 0 Å². The van der Waals surface area contributed by atoms with E-state index in [0.717, 1.165) is 6.07 Å². The lowest BCUT2D eigenvalue weighted by Crippen LogP contribution is -2.12. The third-order valence-electron chi connectivity index (χ3n) is 2.08. The lowest BCUT2D eigenvalue weighted by atomic mass is 10.2. The Hall–Kier alpha value is -1.27. The molecule has 0 aromatic heterocycles. The summed E-state index contributed by atoms with van der Waals surface area (Å²) < 4.78 is 33.1. The van der Waals surface area contributed by atoms with Crippen molar-refractivity contribution >= 4 is 25.7 Å². The first-order valence-electron chi connectivity index (χ1n) is 5.68. The molecule has 0 aliphatic heterocycles. The van der Waals surface area contributed by atoms with Crippen molar-refractivity contribution in [1.82, 2.24) is 0 Å². The molecule has 106 valence electrons. The number of hydrogen-bond acceptors (Lipinski definition) is 5. The Labute approximate surface area is 116 Å². The summed E-state index contributed by atoms with van der Waals surface area (Å²) in [4.78, 5) is 11.5. The summed E-state index contributed by atoms with van der Waals surface area (Å²) in [5.41, 5.74) is 0.108. The predicted molar refractivity (Wildman–Crippen MR) is 71.2 cm³/mol. The second-order valence-corrected chi connectivity index (χ2v) is 6.52. The molecule has 0 radical (unpaired) electrons. The van der Waals surface area contributed by atoms with E-state index in [2.05, 4.69) is 0 Å². The molecule has 0 bridgehead atoms. The highest BCUT2D eigenvalue weighted by molar-refractivity contribution is 8.13. The highest BCUT2D eigenvalue weighted by Gasteiger charge is 2.20. The average Bonchev–Trinajstić information content (AvgIpc) is 2.27. The molecule has 5 nitrogen and oxygen atoms in total. The van der Waals surface area contributed by atoms with Gasteiger partial charge in [-0.15, -0.1) is 0 Å². The van der Waals surface area contributed by atoms with Gasteiger partial charge in [-0.05, 0) is 39.0 Å². The van der Waals surface area contributed by atoms with Gasteiger partial charge in [0.25, 0.3) is 9.05 Å². The SMILES string of the molecule is CCOc1ccc(C(=O)OC(C)C)cc1S(=O)(=O)Cl. The quantitative estimate of drug-likeness (QED) is 0.617. The summed E-state index contributed by atoms with van der Waals surface area (Å²) in [6.45, 7) is 5.40. The molecular weight excluding hydrogens is 292 g/mol. The van der Waals surface area contributed by atoms with Gasteiger partial charge in [-0.1, -0.05) is 0 Å². The van der Waals surface area contributed by atoms with Crippen LogP contribution in [-0.4, -0.2) is 27.1 Å². The van der Waals surface area contributed by atoms with Crippen molar-refractivity contribution in [2.75, 3.05) is 6.61 Å². The van der Waals surface area contributed by atoms with E-state index in [1.165, 1.54) is 12.1 Å². The minimum Gasteiger partial charge on any atom is -0.492 e. The van der Waals surface area contributed by atoms with Crippen LogP contribution in [-0.2, 0) is 13.8 Å². The normalized spacial score (nSPS) is 11.4. The first kappa shape index (κ1) is 15.8. The Morgan fingerprint density at radius 1 is 1.37 bits per heavy atom. The zero-order chi connectivity index (χ0) is 14.6. The van der Waals surface area contributed by atoms with Crippen molar-refractivity contribution in [3.05, 3.63) is 23.8 Å². The third kappa shape index (κ3) is 4.40. The van der Waals surface area contributed by atoms with Crippen LogP contribution in [0.3, 0.4) is 0 Å². The zero-order valence-corrected chi connectivity index (χ0v) is 12.4. The van der Waals surface area contributed by atoms with Crippen molar-refractivity contribution in [1.29, 1.82) is 0 Å². The van der Waals surface area contributed by atoms with Crippen LogP contribution in [0.2, 0.25) is 0 Å². The topological polar surface area (TPSA) is 69.7 Å². The Balaban J connectivity index is 3.22. The second-order valence-electron chi connectivity index (χ2n) is 3.99. The summed E-state index contributed by atoms with van der Waals surface area (Å²) in [6, 6.07) is 3.97. The van der Waals surface area contributed by atoms with Crippen LogP contribution in [0.15, 0.2) is 23.1 Å². The fourth-order valence-corrected chi connectivity index (χ4v) is 2.38. The lowest BCUT2D eigenvalue weighted by molar-refractivity contribution is 0.0377. The molecule has 0 unspecified atom stereocenters. The molecule has 0 aliphatic rings. The van der Waals surface area contributed by atoms with E-state index in [4.69, 9.17) is 20.2 Å². The number of rotatable bonds is 5. The predicted octanol–water partition coefficient (Wildman–Crippen LogP) is 2.58. The van der Waals surface area contributed by atoms with Crippen molar-refractivity contribution in [2.45, 2.75) is 31.8 Å². The lowest BCUT2D eigenvalue weighted by Gasteiger charge is -2.11. The molecule has 0 saturated heterocycles. The van der Waals surface area contributed by atoms with Gasteiger partial charge in [-0.2, -0.15) is 0 Å². The van der Waals surface area contributed by atoms with E-state index in [0.29, 0.717) is 0 Å². The standard InChI is InChI=1S/C12H15ClO5S/c1-4-17-10-6-5-9(12(14)18-8(2)3)7-11(10)19(13,15)16/h5-8H,4H2,1-3H3. The van der Waals surface area contributed by atoms with Gasteiger partial charge in [0.05, 0.1) is 18.3 Å². The van der Waals surface area contributed by atoms with Gasteiger partial charge < -0.3 is 9.47 Å². The van der Waals surface area contributed by atoms with Crippen LogP contribution in [0.25, 0.3) is 0 Å². The number of carbonyl (C=O) groups is 1. The number of carbonyl (C=O) groups excluding carboxylic acids is 1. The van der Waals surface area contributed by atoms with Crippen LogP contribution in [0.1, 0.15) is 31.1 Å². The molecule has 0 saturated carbocycles. The van der Waals surface area contributed by atoms with Crippen LogP contribution in [0.5, 0.6) is 5.75 Å². The molecular formula is C12H15ClO5S. The third-order valence-corrected chi connectivity index (χ3v) is 3.43. The highest BCUT2D eigenvalue weighted by atomic mass is 35.7. The summed E-state index contributed by atoms with van der Waals surface area (Å²) >= 11 is 0. The molecule has 19 heavy (non-hydrogen) atoms. The number of ether oxygens (including phenoxy) is 2. The number of benzene rings is 1. The molecule has 0 amide bonds. The molecule has 1 aromatic carbocycles. The Morgan fingerprint density at radius 3 is 2.47 bits per heavy atom. The van der Waals surface area contributed by atoms with E-state index in [1.54, 1.807) is 20.8 Å². The van der Waals surface area contributed by atoms with E-state index >= 15 is 0 Å². The van der Waals surface area contributed by atoms with Gasteiger partial charge >= 0.3 is 5.97 Å². The Kier molecular flexibility index (Phi) is 5.20. The zero-order valence-electron chi connectivity index (χ0n) is 10.8. The molecule has 1 aromatic rings. The summed E-state index contributed by atoms with van der Waals surface area (Å²) in [5.74, 6) is -0.502. The van der Waals surface area contributed by atoms with Gasteiger partial charge in [0.1, 0.15) is 10.6 Å². The molecule has 0 atom stereocenters. The molecule has 0 aliphatic carbocycles. The van der Waals surface area contributed by atoms with Crippen LogP contribution >= 0.6 is 10.7 Å². The molecule has 0 spiro atoms. The largest absolute Gasteiger partial charge is 0.492 e. The molecule has 7 heteroatoms. The van der Waals surface area contributed by atoms with E-state index in [9.17, 15) is 13.2 Å². The van der Waals surface area contributed by atoms with Crippen LogP contribution in [0.4, 0.5) is 0 Å². The van der Waals surface area contributed by atoms with Crippen molar-refractivity contribution in [3.63, 3.8) is 0 Å². The maximum absolute atomic E-state index is 11.7. The van der Waals surface area contributed by atoms with Crippen molar-refractivity contribution in [3.8, 4) is 5.75 Å². The minimum absolute atomic E-state index is 0.108. The summed E-state index contributed by atoms with van der Waals surface area (Å²) in [5, 5.41) is 0. The van der Waals surface area contributed by atoms with Gasteiger partial charge in [0, 0.05) is 10.7 Å². The Morgan fingerprint density at radius 2 is 2.00 bits per heavy atom. The monoisotopic (exact) mass is 306 g/mol. The number of hydrogen-bond donors (Lipinski definition) is 0. The van der Waals surface area contributed by atoms with E-state index in [-0.39, 0.29) is 28.9 Å². The molecule has 0 heterocycles. The minimum atomic E-state index is -4.00. The van der Waals surface area contributed by atoms with Crippen molar-refractivity contribution in [2.24, 2.45) is 0 Å². The number of esters is 1. The first-order chi connectivity index (χ1) is 8.75. The Bertz CT molecular complexity index is 565. The van der Waals surface area contributed by atoms with Crippen molar-refractivity contribution < 1.29 is 22.7 Å². The molecule has 0 N–H and O–H groups in total. The summed E-state index contributed by atoms with van der Waals surface area (Å²) in [7, 11) is 1.32. The second kappa shape index (κ2) is 6.25. The molecule has 1 rings (SSSR count). The maximum atomic E-state index is 11.7. The van der Waals surface area contributed by atoms with Gasteiger partial charge in [0.2, 0.25) is 0 Å². The highest BCUT2D eigenvalue weighted by Crippen LogP contribution is 2.28. The van der Waals surface area contributed by atoms with Crippen LogP contribution < -0.4 is 4.74 Å². The first-order valence-corrected chi connectivity index (χ1v) is 7.99. The average molecular weight is 307 g/mol. The fourth-order valence-electron chi connectivity index (χ4n) is 1.38. The van der Waals surface area contributed by atoms with E-state index < -0.39 is 15.0 Å². The number of halogens is 1.